The number of carbonyl (C=O) groups is 1. The minimum atomic E-state index is -0.761. The smallest absolute Gasteiger partial charge is 0.233 e. The molecule has 3 atom stereocenters. The molecule has 0 aliphatic carbocycles. The minimum Gasteiger partial charge on any atom is -0.508 e. The van der Waals surface area contributed by atoms with E-state index in [1.165, 1.54) is 12.1 Å². The summed E-state index contributed by atoms with van der Waals surface area (Å²) in [5.41, 5.74) is 4.39. The van der Waals surface area contributed by atoms with Gasteiger partial charge in [0, 0.05) is 5.69 Å². The molecule has 0 radical (unpaired) electrons. The van der Waals surface area contributed by atoms with Gasteiger partial charge in [-0.1, -0.05) is 66.7 Å². The number of phenolic OH excluding ortho intramolecular Hbond substituents is 1. The molecule has 4 nitrogen and oxygen atoms in total. The van der Waals surface area contributed by atoms with Crippen LogP contribution in [0.2, 0.25) is 0 Å². The number of hydrogen-bond acceptors (Lipinski definition) is 3. The fourth-order valence-corrected chi connectivity index (χ4v) is 4.84. The Kier molecular flexibility index (Phi) is 6.34. The van der Waals surface area contributed by atoms with E-state index >= 15 is 0 Å². The molecule has 35 heavy (non-hydrogen) atoms. The summed E-state index contributed by atoms with van der Waals surface area (Å²) in [4.78, 5) is 15.1. The quantitative estimate of drug-likeness (QED) is 0.309. The van der Waals surface area contributed by atoms with Crippen LogP contribution in [-0.2, 0) is 4.79 Å². The van der Waals surface area contributed by atoms with Crippen LogP contribution in [-0.4, -0.2) is 16.1 Å². The molecule has 4 aromatic carbocycles. The SMILES string of the molecule is O=C1[C@H](CC[C@H](O)c2ccc(F)cc2)[C@@H](c2ccc(-c3cccc(O)c3)cc2)N1c1ccccc1. The summed E-state index contributed by atoms with van der Waals surface area (Å²) in [6, 6.07) is 30.4. The first-order valence-corrected chi connectivity index (χ1v) is 11.7. The number of amides is 1. The third-order valence-electron chi connectivity index (χ3n) is 6.69. The van der Waals surface area contributed by atoms with Gasteiger partial charge in [0.05, 0.1) is 18.1 Å². The van der Waals surface area contributed by atoms with Crippen LogP contribution in [0.4, 0.5) is 10.1 Å². The standard InChI is InChI=1S/C30H26FNO3/c31-24-15-13-21(14-16-24)28(34)18-17-27-29(32(30(27)35)25-6-2-1-3-7-25)22-11-9-20(10-12-22)23-5-4-8-26(33)19-23/h1-16,19,27-29,33-34H,17-18H2/t27-,28+,29-/m1/s1. The molecule has 0 aromatic heterocycles. The summed E-state index contributed by atoms with van der Waals surface area (Å²) >= 11 is 0. The number of para-hydroxylation sites is 1. The predicted molar refractivity (Wildman–Crippen MR) is 134 cm³/mol. The number of aliphatic hydroxyl groups excluding tert-OH is 1. The average molecular weight is 468 g/mol. The minimum absolute atomic E-state index is 0.0320. The number of rotatable bonds is 7. The van der Waals surface area contributed by atoms with Crippen molar-refractivity contribution in [3.63, 3.8) is 0 Å². The molecule has 0 bridgehead atoms. The second-order valence-electron chi connectivity index (χ2n) is 8.91. The molecule has 0 spiro atoms. The maximum absolute atomic E-state index is 13.2. The summed E-state index contributed by atoms with van der Waals surface area (Å²) < 4.78 is 13.2. The van der Waals surface area contributed by atoms with Crippen molar-refractivity contribution in [2.45, 2.75) is 25.0 Å². The lowest BCUT2D eigenvalue weighted by atomic mass is 9.78. The van der Waals surface area contributed by atoms with E-state index in [9.17, 15) is 19.4 Å². The number of carbonyl (C=O) groups excluding carboxylic acids is 1. The Balaban J connectivity index is 1.39. The van der Waals surface area contributed by atoms with Gasteiger partial charge in [-0.3, -0.25) is 4.79 Å². The van der Waals surface area contributed by atoms with Crippen molar-refractivity contribution < 1.29 is 19.4 Å². The van der Waals surface area contributed by atoms with Gasteiger partial charge in [0.2, 0.25) is 5.91 Å². The van der Waals surface area contributed by atoms with Crippen molar-refractivity contribution in [2.75, 3.05) is 4.90 Å². The average Bonchev–Trinajstić information content (AvgIpc) is 2.88. The maximum Gasteiger partial charge on any atom is 0.233 e. The largest absolute Gasteiger partial charge is 0.508 e. The molecule has 1 aliphatic heterocycles. The number of benzene rings is 4. The zero-order chi connectivity index (χ0) is 24.4. The van der Waals surface area contributed by atoms with Crippen LogP contribution in [0.1, 0.15) is 36.1 Å². The van der Waals surface area contributed by atoms with Crippen molar-refractivity contribution in [2.24, 2.45) is 5.92 Å². The number of nitrogens with zero attached hydrogens (tertiary/aromatic N) is 1. The van der Waals surface area contributed by atoms with Gasteiger partial charge in [0.15, 0.2) is 0 Å². The van der Waals surface area contributed by atoms with Gasteiger partial charge in [-0.25, -0.2) is 4.39 Å². The number of hydrogen-bond donors (Lipinski definition) is 2. The number of anilines is 1. The molecule has 1 fully saturated rings. The van der Waals surface area contributed by atoms with Gasteiger partial charge in [0.1, 0.15) is 11.6 Å². The first kappa shape index (κ1) is 22.8. The normalized spacial score (nSPS) is 18.2. The van der Waals surface area contributed by atoms with E-state index in [2.05, 4.69) is 0 Å². The molecule has 176 valence electrons. The number of β-lactam (4-membered cyclic amide) rings is 1. The molecule has 5 rings (SSSR count). The summed E-state index contributed by atoms with van der Waals surface area (Å²) in [7, 11) is 0. The van der Waals surface area contributed by atoms with Crippen LogP contribution >= 0.6 is 0 Å². The van der Waals surface area contributed by atoms with E-state index in [-0.39, 0.29) is 29.4 Å². The fraction of sp³-hybridized carbons (Fsp3) is 0.167. The number of halogens is 1. The molecule has 1 amide bonds. The first-order valence-electron chi connectivity index (χ1n) is 11.7. The van der Waals surface area contributed by atoms with E-state index in [1.54, 1.807) is 24.3 Å². The van der Waals surface area contributed by atoms with Gasteiger partial charge in [-0.05, 0) is 71.5 Å². The monoisotopic (exact) mass is 467 g/mol. The van der Waals surface area contributed by atoms with Crippen LogP contribution in [0.25, 0.3) is 11.1 Å². The van der Waals surface area contributed by atoms with Crippen molar-refractivity contribution >= 4 is 11.6 Å². The summed E-state index contributed by atoms with van der Waals surface area (Å²) in [6.45, 7) is 0. The lowest BCUT2D eigenvalue weighted by Gasteiger charge is -2.48. The van der Waals surface area contributed by atoms with Gasteiger partial charge in [-0.2, -0.15) is 0 Å². The lowest BCUT2D eigenvalue weighted by Crippen LogP contribution is -2.55. The van der Waals surface area contributed by atoms with Crippen molar-refractivity contribution in [1.29, 1.82) is 0 Å². The highest BCUT2D eigenvalue weighted by atomic mass is 19.1. The molecule has 4 aromatic rings. The van der Waals surface area contributed by atoms with Crippen LogP contribution < -0.4 is 4.90 Å². The van der Waals surface area contributed by atoms with E-state index in [0.29, 0.717) is 18.4 Å². The van der Waals surface area contributed by atoms with Crippen molar-refractivity contribution in [3.8, 4) is 16.9 Å². The Morgan fingerprint density at radius 1 is 0.829 bits per heavy atom. The fourth-order valence-electron chi connectivity index (χ4n) is 4.84. The van der Waals surface area contributed by atoms with Gasteiger partial charge >= 0.3 is 0 Å². The zero-order valence-electron chi connectivity index (χ0n) is 19.1. The van der Waals surface area contributed by atoms with Crippen molar-refractivity contribution in [1.82, 2.24) is 0 Å². The molecule has 0 saturated carbocycles. The summed E-state index contributed by atoms with van der Waals surface area (Å²) in [6.07, 6.45) is 0.158. The summed E-state index contributed by atoms with van der Waals surface area (Å²) in [5, 5.41) is 20.4. The van der Waals surface area contributed by atoms with Crippen LogP contribution in [0.3, 0.4) is 0 Å². The molecule has 1 saturated heterocycles. The molecule has 2 N–H and O–H groups in total. The molecule has 1 heterocycles. The van der Waals surface area contributed by atoms with Gasteiger partial charge in [-0.15, -0.1) is 0 Å². The molecular formula is C30H26FNO3. The second kappa shape index (κ2) is 9.72. The highest BCUT2D eigenvalue weighted by Gasteiger charge is 2.48. The molecular weight excluding hydrogens is 441 g/mol. The van der Waals surface area contributed by atoms with E-state index in [4.69, 9.17) is 0 Å². The highest BCUT2D eigenvalue weighted by molar-refractivity contribution is 6.03. The van der Waals surface area contributed by atoms with E-state index in [1.807, 2.05) is 71.6 Å². The Morgan fingerprint density at radius 3 is 2.23 bits per heavy atom. The molecule has 0 unspecified atom stereocenters. The van der Waals surface area contributed by atoms with Crippen molar-refractivity contribution in [3.05, 3.63) is 120 Å². The van der Waals surface area contributed by atoms with Crippen LogP contribution in [0.15, 0.2) is 103 Å². The zero-order valence-corrected chi connectivity index (χ0v) is 19.1. The number of aliphatic hydroxyl groups is 1. The molecule has 1 aliphatic rings. The number of phenols is 1. The Hall–Kier alpha value is -3.96. The Morgan fingerprint density at radius 2 is 1.54 bits per heavy atom. The first-order chi connectivity index (χ1) is 17.0. The number of aromatic hydroxyl groups is 1. The highest BCUT2D eigenvalue weighted by Crippen LogP contribution is 2.46. The predicted octanol–water partition coefficient (Wildman–Crippen LogP) is 6.42. The van der Waals surface area contributed by atoms with Crippen LogP contribution in [0.5, 0.6) is 5.75 Å². The lowest BCUT2D eigenvalue weighted by molar-refractivity contribution is -0.131. The Bertz CT molecular complexity index is 1310. The third-order valence-corrected chi connectivity index (χ3v) is 6.69. The van der Waals surface area contributed by atoms with Gasteiger partial charge < -0.3 is 15.1 Å². The maximum atomic E-state index is 13.2. The van der Waals surface area contributed by atoms with E-state index in [0.717, 1.165) is 22.4 Å². The van der Waals surface area contributed by atoms with Crippen LogP contribution in [0, 0.1) is 11.7 Å². The Labute approximate surface area is 203 Å². The van der Waals surface area contributed by atoms with E-state index < -0.39 is 6.10 Å². The third kappa shape index (κ3) is 4.68. The second-order valence-corrected chi connectivity index (χ2v) is 8.91. The topological polar surface area (TPSA) is 60.8 Å². The van der Waals surface area contributed by atoms with Gasteiger partial charge in [0.25, 0.3) is 0 Å². The summed E-state index contributed by atoms with van der Waals surface area (Å²) in [5.74, 6) is -0.365. The molecule has 5 heteroatoms.